The third-order valence-electron chi connectivity index (χ3n) is 3.85. The summed E-state index contributed by atoms with van der Waals surface area (Å²) < 4.78 is 13.4. The van der Waals surface area contributed by atoms with E-state index in [4.69, 9.17) is 11.6 Å². The van der Waals surface area contributed by atoms with Crippen molar-refractivity contribution < 1.29 is 9.50 Å². The van der Waals surface area contributed by atoms with Crippen molar-refractivity contribution in [2.24, 2.45) is 5.41 Å². The number of rotatable bonds is 3. The van der Waals surface area contributed by atoms with E-state index in [0.29, 0.717) is 6.42 Å². The van der Waals surface area contributed by atoms with E-state index in [0.717, 1.165) is 31.2 Å². The van der Waals surface area contributed by atoms with E-state index in [9.17, 15) is 9.50 Å². The van der Waals surface area contributed by atoms with E-state index in [-0.39, 0.29) is 22.9 Å². The van der Waals surface area contributed by atoms with Crippen LogP contribution >= 0.6 is 11.6 Å². The first-order chi connectivity index (χ1) is 8.17. The second kappa shape index (κ2) is 5.36. The predicted octanol–water partition coefficient (Wildman–Crippen LogP) is 3.96. The third kappa shape index (κ3) is 2.80. The lowest BCUT2D eigenvalue weighted by Crippen LogP contribution is -2.30. The lowest BCUT2D eigenvalue weighted by atomic mass is 9.71. The van der Waals surface area contributed by atoms with Crippen molar-refractivity contribution in [3.05, 3.63) is 34.6 Å². The monoisotopic (exact) mass is 256 g/mol. The van der Waals surface area contributed by atoms with Gasteiger partial charge in [-0.3, -0.25) is 0 Å². The van der Waals surface area contributed by atoms with E-state index in [1.807, 2.05) is 6.07 Å². The molecule has 0 heterocycles. The number of hydrogen-bond acceptors (Lipinski definition) is 1. The number of halogens is 2. The SMILES string of the molecule is OCC1(Cc2cccc(F)c2Cl)CCCCC1. The van der Waals surface area contributed by atoms with Gasteiger partial charge in [0.05, 0.1) is 5.02 Å². The second-order valence-electron chi connectivity index (χ2n) is 5.11. The number of aliphatic hydroxyl groups excluding tert-OH is 1. The first-order valence-corrected chi connectivity index (χ1v) is 6.58. The summed E-state index contributed by atoms with van der Waals surface area (Å²) in [6.45, 7) is 0.167. The highest BCUT2D eigenvalue weighted by molar-refractivity contribution is 6.31. The Balaban J connectivity index is 2.20. The number of aliphatic hydroxyl groups is 1. The van der Waals surface area contributed by atoms with Gasteiger partial charge in [0, 0.05) is 6.61 Å². The molecule has 0 radical (unpaired) electrons. The average Bonchev–Trinajstić information content (AvgIpc) is 2.36. The summed E-state index contributed by atoms with van der Waals surface area (Å²) in [6.07, 6.45) is 6.23. The van der Waals surface area contributed by atoms with Gasteiger partial charge in [-0.05, 0) is 36.3 Å². The molecular formula is C14H18ClFO. The molecule has 1 aromatic carbocycles. The molecule has 0 aromatic heterocycles. The lowest BCUT2D eigenvalue weighted by molar-refractivity contribution is 0.0823. The standard InChI is InChI=1S/C14H18ClFO/c15-13-11(5-4-6-12(13)16)9-14(10-17)7-2-1-3-8-14/h4-6,17H,1-3,7-10H2. The molecule has 94 valence electrons. The zero-order chi connectivity index (χ0) is 12.3. The molecule has 1 aliphatic rings. The molecule has 17 heavy (non-hydrogen) atoms. The molecule has 0 aliphatic heterocycles. The van der Waals surface area contributed by atoms with Crippen molar-refractivity contribution in [3.8, 4) is 0 Å². The van der Waals surface area contributed by atoms with Gasteiger partial charge in [-0.2, -0.15) is 0 Å². The van der Waals surface area contributed by atoms with Crippen molar-refractivity contribution in [3.63, 3.8) is 0 Å². The van der Waals surface area contributed by atoms with Crippen LogP contribution in [0, 0.1) is 11.2 Å². The summed E-state index contributed by atoms with van der Waals surface area (Å²) in [5.74, 6) is -0.368. The van der Waals surface area contributed by atoms with Gasteiger partial charge in [-0.15, -0.1) is 0 Å². The zero-order valence-electron chi connectivity index (χ0n) is 9.88. The summed E-state index contributed by atoms with van der Waals surface area (Å²) in [4.78, 5) is 0. The van der Waals surface area contributed by atoms with E-state index in [1.165, 1.54) is 12.5 Å². The Morgan fingerprint density at radius 3 is 2.59 bits per heavy atom. The molecule has 0 unspecified atom stereocenters. The van der Waals surface area contributed by atoms with Crippen LogP contribution in [-0.4, -0.2) is 11.7 Å². The van der Waals surface area contributed by atoms with Crippen LogP contribution in [0.5, 0.6) is 0 Å². The molecule has 1 aromatic rings. The topological polar surface area (TPSA) is 20.2 Å². The molecule has 0 atom stereocenters. The van der Waals surface area contributed by atoms with Crippen molar-refractivity contribution in [1.29, 1.82) is 0 Å². The Bertz CT molecular complexity index is 386. The van der Waals surface area contributed by atoms with Gasteiger partial charge in [0.1, 0.15) is 5.82 Å². The highest BCUT2D eigenvalue weighted by Crippen LogP contribution is 2.40. The highest BCUT2D eigenvalue weighted by atomic mass is 35.5. The fourth-order valence-corrected chi connectivity index (χ4v) is 2.97. The fraction of sp³-hybridized carbons (Fsp3) is 0.571. The number of benzene rings is 1. The maximum absolute atomic E-state index is 13.4. The van der Waals surface area contributed by atoms with Gasteiger partial charge < -0.3 is 5.11 Å². The van der Waals surface area contributed by atoms with Crippen molar-refractivity contribution in [2.45, 2.75) is 38.5 Å². The largest absolute Gasteiger partial charge is 0.396 e. The molecule has 0 saturated heterocycles. The maximum atomic E-state index is 13.4. The molecule has 0 amide bonds. The fourth-order valence-electron chi connectivity index (χ4n) is 2.78. The molecule has 1 fully saturated rings. The molecule has 2 rings (SSSR count). The van der Waals surface area contributed by atoms with Crippen LogP contribution in [0.3, 0.4) is 0 Å². The summed E-state index contributed by atoms with van der Waals surface area (Å²) in [5, 5.41) is 9.84. The van der Waals surface area contributed by atoms with E-state index >= 15 is 0 Å². The third-order valence-corrected chi connectivity index (χ3v) is 4.27. The molecule has 1 N–H and O–H groups in total. The predicted molar refractivity (Wildman–Crippen MR) is 67.7 cm³/mol. The Kier molecular flexibility index (Phi) is 4.05. The van der Waals surface area contributed by atoms with Crippen molar-refractivity contribution in [1.82, 2.24) is 0 Å². The zero-order valence-corrected chi connectivity index (χ0v) is 10.6. The summed E-state index contributed by atoms with van der Waals surface area (Å²) in [5.41, 5.74) is 0.734. The van der Waals surface area contributed by atoms with E-state index < -0.39 is 0 Å². The normalized spacial score (nSPS) is 19.2. The minimum atomic E-state index is -0.368. The molecule has 1 saturated carbocycles. The van der Waals surface area contributed by atoms with Crippen molar-refractivity contribution >= 4 is 11.6 Å². The van der Waals surface area contributed by atoms with Crippen LogP contribution in [0.2, 0.25) is 5.02 Å². The highest BCUT2D eigenvalue weighted by Gasteiger charge is 2.32. The van der Waals surface area contributed by atoms with Gasteiger partial charge in [0.15, 0.2) is 0 Å². The smallest absolute Gasteiger partial charge is 0.142 e. The van der Waals surface area contributed by atoms with Gasteiger partial charge in [-0.25, -0.2) is 4.39 Å². The molecule has 1 nitrogen and oxygen atoms in total. The summed E-state index contributed by atoms with van der Waals surface area (Å²) in [7, 11) is 0. The minimum absolute atomic E-state index is 0.0876. The van der Waals surface area contributed by atoms with Crippen LogP contribution in [0.4, 0.5) is 4.39 Å². The van der Waals surface area contributed by atoms with Crippen LogP contribution in [-0.2, 0) is 6.42 Å². The maximum Gasteiger partial charge on any atom is 0.142 e. The summed E-state index contributed by atoms with van der Waals surface area (Å²) in [6, 6.07) is 4.92. The first-order valence-electron chi connectivity index (χ1n) is 6.21. The quantitative estimate of drug-likeness (QED) is 0.868. The molecule has 0 spiro atoms. The molecule has 1 aliphatic carbocycles. The Labute approximate surface area is 107 Å². The second-order valence-corrected chi connectivity index (χ2v) is 5.49. The Morgan fingerprint density at radius 2 is 1.94 bits per heavy atom. The minimum Gasteiger partial charge on any atom is -0.396 e. The Morgan fingerprint density at radius 1 is 1.24 bits per heavy atom. The van der Waals surface area contributed by atoms with Gasteiger partial charge in [0.25, 0.3) is 0 Å². The molecule has 0 bridgehead atoms. The van der Waals surface area contributed by atoms with Crippen LogP contribution < -0.4 is 0 Å². The van der Waals surface area contributed by atoms with Gasteiger partial charge in [0.2, 0.25) is 0 Å². The van der Waals surface area contributed by atoms with Crippen LogP contribution in [0.25, 0.3) is 0 Å². The summed E-state index contributed by atoms with van der Waals surface area (Å²) >= 11 is 5.97. The molecule has 3 heteroatoms. The average molecular weight is 257 g/mol. The molecular weight excluding hydrogens is 239 g/mol. The van der Waals surface area contributed by atoms with Crippen LogP contribution in [0.1, 0.15) is 37.7 Å². The Hall–Kier alpha value is -0.600. The van der Waals surface area contributed by atoms with E-state index in [1.54, 1.807) is 6.07 Å². The number of hydrogen-bond donors (Lipinski definition) is 1. The van der Waals surface area contributed by atoms with E-state index in [2.05, 4.69) is 0 Å². The van der Waals surface area contributed by atoms with Gasteiger partial charge >= 0.3 is 0 Å². The van der Waals surface area contributed by atoms with Gasteiger partial charge in [-0.1, -0.05) is 43.0 Å². The van der Waals surface area contributed by atoms with Crippen molar-refractivity contribution in [2.75, 3.05) is 6.61 Å². The first kappa shape index (κ1) is 12.8. The van der Waals surface area contributed by atoms with Crippen LogP contribution in [0.15, 0.2) is 18.2 Å². The lowest BCUT2D eigenvalue weighted by Gasteiger charge is -2.36.